The van der Waals surface area contributed by atoms with Crippen molar-refractivity contribution in [3.63, 3.8) is 0 Å². The van der Waals surface area contributed by atoms with Crippen LogP contribution in [0.2, 0.25) is 0 Å². The van der Waals surface area contributed by atoms with Crippen molar-refractivity contribution in [1.82, 2.24) is 5.32 Å². The third-order valence-electron chi connectivity index (χ3n) is 5.34. The Bertz CT molecular complexity index is 787. The average Bonchev–Trinajstić information content (AvgIpc) is 2.65. The highest BCUT2D eigenvalue weighted by Crippen LogP contribution is 2.26. The first-order valence-electron chi connectivity index (χ1n) is 9.97. The van der Waals surface area contributed by atoms with Gasteiger partial charge in [0.1, 0.15) is 5.75 Å². The Hall–Kier alpha value is -2.29. The van der Waals surface area contributed by atoms with E-state index >= 15 is 0 Å². The number of rotatable bonds is 5. The maximum absolute atomic E-state index is 12.3. The SMILES string of the molecule is CC(NC(=O)COc1ccc2c(c1)CCCC2)c1ccc(C(C)(C)C)cc1. The van der Waals surface area contributed by atoms with E-state index in [0.29, 0.717) is 0 Å². The van der Waals surface area contributed by atoms with Crippen LogP contribution in [0.15, 0.2) is 42.5 Å². The van der Waals surface area contributed by atoms with Crippen LogP contribution >= 0.6 is 0 Å². The molecule has 3 heteroatoms. The molecule has 0 fully saturated rings. The molecule has 0 heterocycles. The molecule has 1 aliphatic rings. The highest BCUT2D eigenvalue weighted by atomic mass is 16.5. The fourth-order valence-electron chi connectivity index (χ4n) is 3.59. The molecule has 0 radical (unpaired) electrons. The van der Waals surface area contributed by atoms with E-state index < -0.39 is 0 Å². The quantitative estimate of drug-likeness (QED) is 0.799. The van der Waals surface area contributed by atoms with Gasteiger partial charge in [0.05, 0.1) is 6.04 Å². The topological polar surface area (TPSA) is 38.3 Å². The molecule has 1 aliphatic carbocycles. The summed E-state index contributed by atoms with van der Waals surface area (Å²) in [5, 5.41) is 3.02. The van der Waals surface area contributed by atoms with Crippen LogP contribution in [0.5, 0.6) is 5.75 Å². The Morgan fingerprint density at radius 3 is 2.37 bits per heavy atom. The molecule has 0 aliphatic heterocycles. The summed E-state index contributed by atoms with van der Waals surface area (Å²) in [5.74, 6) is 0.688. The zero-order chi connectivity index (χ0) is 19.4. The number of nitrogens with one attached hydrogen (secondary N) is 1. The third kappa shape index (κ3) is 5.12. The van der Waals surface area contributed by atoms with E-state index in [4.69, 9.17) is 4.74 Å². The molecule has 1 N–H and O–H groups in total. The Morgan fingerprint density at radius 2 is 1.70 bits per heavy atom. The summed E-state index contributed by atoms with van der Waals surface area (Å²) >= 11 is 0. The van der Waals surface area contributed by atoms with Crippen molar-refractivity contribution in [3.8, 4) is 5.75 Å². The molecule has 2 aromatic rings. The molecule has 2 aromatic carbocycles. The zero-order valence-electron chi connectivity index (χ0n) is 17.0. The Kier molecular flexibility index (Phi) is 5.88. The van der Waals surface area contributed by atoms with Crippen molar-refractivity contribution in [2.75, 3.05) is 6.61 Å². The lowest BCUT2D eigenvalue weighted by Crippen LogP contribution is -2.31. The lowest BCUT2D eigenvalue weighted by atomic mass is 9.86. The van der Waals surface area contributed by atoms with Gasteiger partial charge in [-0.05, 0) is 72.4 Å². The minimum absolute atomic E-state index is 0.0429. The van der Waals surface area contributed by atoms with Crippen LogP contribution in [0.3, 0.4) is 0 Å². The van der Waals surface area contributed by atoms with Gasteiger partial charge in [-0.25, -0.2) is 0 Å². The number of ether oxygens (including phenoxy) is 1. The van der Waals surface area contributed by atoms with Crippen molar-refractivity contribution in [2.24, 2.45) is 0 Å². The number of hydrogen-bond acceptors (Lipinski definition) is 2. The summed E-state index contributed by atoms with van der Waals surface area (Å²) in [7, 11) is 0. The van der Waals surface area contributed by atoms with Gasteiger partial charge in [-0.1, -0.05) is 51.1 Å². The highest BCUT2D eigenvalue weighted by Gasteiger charge is 2.15. The number of carbonyl (C=O) groups is 1. The zero-order valence-corrected chi connectivity index (χ0v) is 17.0. The molecule has 144 valence electrons. The summed E-state index contributed by atoms with van der Waals surface area (Å²) in [6.45, 7) is 8.65. The van der Waals surface area contributed by atoms with Gasteiger partial charge in [0.25, 0.3) is 5.91 Å². The second kappa shape index (κ2) is 8.16. The molecule has 0 bridgehead atoms. The molecular formula is C24H31NO2. The number of benzene rings is 2. The van der Waals surface area contributed by atoms with Crippen LogP contribution in [0.4, 0.5) is 0 Å². The minimum atomic E-state index is -0.0971. The molecule has 0 aromatic heterocycles. The number of hydrogen-bond donors (Lipinski definition) is 1. The number of aryl methyl sites for hydroxylation is 2. The van der Waals surface area contributed by atoms with E-state index in [-0.39, 0.29) is 24.0 Å². The van der Waals surface area contributed by atoms with Gasteiger partial charge in [-0.3, -0.25) is 4.79 Å². The van der Waals surface area contributed by atoms with E-state index in [1.807, 2.05) is 13.0 Å². The monoisotopic (exact) mass is 365 g/mol. The van der Waals surface area contributed by atoms with Crippen LogP contribution in [-0.2, 0) is 23.1 Å². The van der Waals surface area contributed by atoms with E-state index in [1.165, 1.54) is 29.5 Å². The van der Waals surface area contributed by atoms with Gasteiger partial charge >= 0.3 is 0 Å². The number of fused-ring (bicyclic) bond motifs is 1. The maximum Gasteiger partial charge on any atom is 0.258 e. The second-order valence-corrected chi connectivity index (χ2v) is 8.59. The summed E-state index contributed by atoms with van der Waals surface area (Å²) in [6.07, 6.45) is 4.77. The molecule has 0 saturated carbocycles. The molecule has 0 saturated heterocycles. The molecule has 1 atom stereocenters. The molecule has 3 rings (SSSR count). The van der Waals surface area contributed by atoms with Crippen LogP contribution in [0, 0.1) is 0 Å². The molecule has 1 amide bonds. The van der Waals surface area contributed by atoms with E-state index in [1.54, 1.807) is 0 Å². The molecular weight excluding hydrogens is 334 g/mol. The fourth-order valence-corrected chi connectivity index (χ4v) is 3.59. The maximum atomic E-state index is 12.3. The molecule has 0 spiro atoms. The summed E-state index contributed by atoms with van der Waals surface area (Å²) in [5.41, 5.74) is 5.32. The third-order valence-corrected chi connectivity index (χ3v) is 5.34. The van der Waals surface area contributed by atoms with E-state index in [2.05, 4.69) is 62.5 Å². The first-order chi connectivity index (χ1) is 12.8. The standard InChI is InChI=1S/C24H31NO2/c1-17(18-9-12-21(13-10-18)24(2,3)4)25-23(26)16-27-22-14-11-19-7-5-6-8-20(19)15-22/h9-15,17H,5-8,16H2,1-4H3,(H,25,26). The minimum Gasteiger partial charge on any atom is -0.484 e. The molecule has 27 heavy (non-hydrogen) atoms. The average molecular weight is 366 g/mol. The smallest absolute Gasteiger partial charge is 0.258 e. The van der Waals surface area contributed by atoms with Gasteiger partial charge in [0, 0.05) is 0 Å². The van der Waals surface area contributed by atoms with Crippen molar-refractivity contribution >= 4 is 5.91 Å². The predicted octanol–water partition coefficient (Wildman–Crippen LogP) is 5.12. The van der Waals surface area contributed by atoms with Crippen LogP contribution < -0.4 is 10.1 Å². The van der Waals surface area contributed by atoms with E-state index in [9.17, 15) is 4.79 Å². The fraction of sp³-hybridized carbons (Fsp3) is 0.458. The molecule has 3 nitrogen and oxygen atoms in total. The van der Waals surface area contributed by atoms with Gasteiger partial charge in [0.2, 0.25) is 0 Å². The van der Waals surface area contributed by atoms with Gasteiger partial charge in [-0.2, -0.15) is 0 Å². The van der Waals surface area contributed by atoms with Crippen LogP contribution in [0.1, 0.15) is 68.8 Å². The summed E-state index contributed by atoms with van der Waals surface area (Å²) < 4.78 is 5.72. The second-order valence-electron chi connectivity index (χ2n) is 8.59. The van der Waals surface area contributed by atoms with Crippen molar-refractivity contribution in [2.45, 2.75) is 64.8 Å². The van der Waals surface area contributed by atoms with Crippen molar-refractivity contribution in [1.29, 1.82) is 0 Å². The molecule has 1 unspecified atom stereocenters. The predicted molar refractivity (Wildman–Crippen MR) is 110 cm³/mol. The highest BCUT2D eigenvalue weighted by molar-refractivity contribution is 5.78. The van der Waals surface area contributed by atoms with Gasteiger partial charge in [0.15, 0.2) is 6.61 Å². The normalized spacial score (nSPS) is 15.0. The van der Waals surface area contributed by atoms with Crippen LogP contribution in [0.25, 0.3) is 0 Å². The van der Waals surface area contributed by atoms with Gasteiger partial charge < -0.3 is 10.1 Å². The van der Waals surface area contributed by atoms with Gasteiger partial charge in [-0.15, -0.1) is 0 Å². The Morgan fingerprint density at radius 1 is 1.04 bits per heavy atom. The van der Waals surface area contributed by atoms with Crippen molar-refractivity contribution in [3.05, 3.63) is 64.7 Å². The lowest BCUT2D eigenvalue weighted by molar-refractivity contribution is -0.123. The summed E-state index contributed by atoms with van der Waals surface area (Å²) in [6, 6.07) is 14.6. The lowest BCUT2D eigenvalue weighted by Gasteiger charge is -2.21. The van der Waals surface area contributed by atoms with E-state index in [0.717, 1.165) is 24.2 Å². The Balaban J connectivity index is 1.53. The number of amides is 1. The summed E-state index contributed by atoms with van der Waals surface area (Å²) in [4.78, 5) is 12.3. The first kappa shape index (κ1) is 19.5. The van der Waals surface area contributed by atoms with Crippen molar-refractivity contribution < 1.29 is 9.53 Å². The number of carbonyl (C=O) groups excluding carboxylic acids is 1. The largest absolute Gasteiger partial charge is 0.484 e. The first-order valence-corrected chi connectivity index (χ1v) is 9.97. The van der Waals surface area contributed by atoms with Crippen LogP contribution in [-0.4, -0.2) is 12.5 Å². The Labute approximate surface area is 163 Å².